The summed E-state index contributed by atoms with van der Waals surface area (Å²) in [5.41, 5.74) is 1.31. The summed E-state index contributed by atoms with van der Waals surface area (Å²) in [5, 5.41) is 16.7. The van der Waals surface area contributed by atoms with E-state index in [-0.39, 0.29) is 17.7 Å². The van der Waals surface area contributed by atoms with Crippen molar-refractivity contribution in [1.82, 2.24) is 9.97 Å². The lowest BCUT2D eigenvalue weighted by molar-refractivity contribution is -0.139. The number of rotatable bonds is 10. The van der Waals surface area contributed by atoms with Gasteiger partial charge in [0.1, 0.15) is 10.3 Å². The Morgan fingerprint density at radius 2 is 2.00 bits per heavy atom. The first-order valence-electron chi connectivity index (χ1n) is 11.1. The normalized spacial score (nSPS) is 17.9. The molecule has 182 valence electrons. The molecule has 12 heteroatoms. The molecule has 1 atom stereocenters. The summed E-state index contributed by atoms with van der Waals surface area (Å²) >= 11 is 2.98. The predicted octanol–water partition coefficient (Wildman–Crippen LogP) is 3.56. The number of anilines is 1. The van der Waals surface area contributed by atoms with Crippen molar-refractivity contribution >= 4 is 56.2 Å². The van der Waals surface area contributed by atoms with Crippen molar-refractivity contribution < 1.29 is 29.0 Å². The van der Waals surface area contributed by atoms with Gasteiger partial charge in [-0.3, -0.25) is 10.1 Å². The third kappa shape index (κ3) is 6.27. The highest BCUT2D eigenvalue weighted by atomic mass is 32.2. The smallest absolute Gasteiger partial charge is 0.341 e. The minimum atomic E-state index is -1.10. The molecule has 1 aliphatic carbocycles. The highest BCUT2D eigenvalue weighted by molar-refractivity contribution is 8.00. The monoisotopic (exact) mass is 514 g/mol. The SMILES string of the molecule is O=C(O)COc1ccc2nc(NC(=O)/C(=N/O[C@@H]3CCOC3)c3ccc(SC4CC4)cc3)sc2n1. The molecule has 3 heterocycles. The number of carboxylic acids is 1. The highest BCUT2D eigenvalue weighted by Crippen LogP contribution is 2.39. The Morgan fingerprint density at radius 3 is 2.71 bits per heavy atom. The average molecular weight is 515 g/mol. The second-order valence-corrected chi connectivity index (χ2v) is 10.4. The summed E-state index contributed by atoms with van der Waals surface area (Å²) in [5.74, 6) is -1.39. The Morgan fingerprint density at radius 1 is 1.17 bits per heavy atom. The van der Waals surface area contributed by atoms with Crippen LogP contribution in [-0.4, -0.2) is 63.8 Å². The fraction of sp³-hybridized carbons (Fsp3) is 0.348. The molecule has 1 amide bonds. The molecule has 2 aliphatic rings. The Kier molecular flexibility index (Phi) is 7.11. The van der Waals surface area contributed by atoms with E-state index >= 15 is 0 Å². The average Bonchev–Trinajstić information content (AvgIpc) is 3.33. The van der Waals surface area contributed by atoms with Gasteiger partial charge in [0, 0.05) is 28.2 Å². The van der Waals surface area contributed by atoms with E-state index in [9.17, 15) is 9.59 Å². The van der Waals surface area contributed by atoms with E-state index in [0.717, 1.165) is 16.2 Å². The first-order valence-corrected chi connectivity index (χ1v) is 12.8. The number of hydrogen-bond donors (Lipinski definition) is 2. The molecular formula is C23H22N4O6S2. The fourth-order valence-electron chi connectivity index (χ4n) is 3.24. The van der Waals surface area contributed by atoms with Crippen LogP contribution in [0.4, 0.5) is 5.13 Å². The standard InChI is InChI=1S/C23H22N4O6S2/c28-19(29)12-32-18-8-7-17-22(25-18)35-23(24-17)26-21(30)20(27-33-14-9-10-31-11-14)13-1-3-15(4-2-13)34-16-5-6-16/h1-4,7-8,14,16H,5-6,9-12H2,(H,28,29)(H,24,26,30)/b27-20+/t14-/m1/s1. The summed E-state index contributed by atoms with van der Waals surface area (Å²) in [7, 11) is 0. The van der Waals surface area contributed by atoms with Gasteiger partial charge in [-0.15, -0.1) is 11.8 Å². The molecule has 5 rings (SSSR count). The van der Waals surface area contributed by atoms with E-state index in [4.69, 9.17) is 19.4 Å². The summed E-state index contributed by atoms with van der Waals surface area (Å²) in [6, 6.07) is 10.9. The number of carbonyl (C=O) groups excluding carboxylic acids is 1. The predicted molar refractivity (Wildman–Crippen MR) is 131 cm³/mol. The number of carboxylic acid groups (broad SMARTS) is 1. The second kappa shape index (κ2) is 10.6. The molecule has 2 fully saturated rings. The molecule has 0 radical (unpaired) electrons. The van der Waals surface area contributed by atoms with Crippen LogP contribution in [0.1, 0.15) is 24.8 Å². The van der Waals surface area contributed by atoms with Crippen LogP contribution in [0.5, 0.6) is 5.88 Å². The number of aromatic nitrogens is 2. The molecule has 0 spiro atoms. The third-order valence-corrected chi connectivity index (χ3v) is 7.37. The largest absolute Gasteiger partial charge is 0.479 e. The van der Waals surface area contributed by atoms with Crippen molar-refractivity contribution in [3.05, 3.63) is 42.0 Å². The van der Waals surface area contributed by atoms with Gasteiger partial charge >= 0.3 is 5.97 Å². The van der Waals surface area contributed by atoms with Gasteiger partial charge < -0.3 is 19.4 Å². The van der Waals surface area contributed by atoms with Crippen molar-refractivity contribution in [2.75, 3.05) is 25.1 Å². The van der Waals surface area contributed by atoms with E-state index in [0.29, 0.717) is 45.9 Å². The van der Waals surface area contributed by atoms with Crippen molar-refractivity contribution in [2.45, 2.75) is 35.5 Å². The number of hydrogen-bond acceptors (Lipinski definition) is 10. The first-order chi connectivity index (χ1) is 17.0. The van der Waals surface area contributed by atoms with Crippen LogP contribution in [0, 0.1) is 0 Å². The maximum absolute atomic E-state index is 13.2. The van der Waals surface area contributed by atoms with Gasteiger partial charge in [0.2, 0.25) is 5.88 Å². The van der Waals surface area contributed by atoms with Crippen LogP contribution in [0.3, 0.4) is 0 Å². The zero-order valence-electron chi connectivity index (χ0n) is 18.5. The Bertz CT molecular complexity index is 1250. The van der Waals surface area contributed by atoms with E-state index < -0.39 is 18.5 Å². The number of benzene rings is 1. The zero-order chi connectivity index (χ0) is 24.2. The number of oxime groups is 1. The van der Waals surface area contributed by atoms with Gasteiger partial charge in [0.15, 0.2) is 23.6 Å². The number of carbonyl (C=O) groups is 2. The molecule has 2 aromatic heterocycles. The molecule has 1 aromatic carbocycles. The molecular weight excluding hydrogens is 492 g/mol. The van der Waals surface area contributed by atoms with E-state index in [2.05, 4.69) is 20.4 Å². The second-order valence-electron chi connectivity index (χ2n) is 8.00. The molecule has 1 aliphatic heterocycles. The lowest BCUT2D eigenvalue weighted by Crippen LogP contribution is -2.25. The topological polar surface area (TPSA) is 132 Å². The highest BCUT2D eigenvalue weighted by Gasteiger charge is 2.24. The Balaban J connectivity index is 1.33. The van der Waals surface area contributed by atoms with Crippen LogP contribution in [0.2, 0.25) is 0 Å². The number of aliphatic carboxylic acids is 1. The first kappa shape index (κ1) is 23.5. The van der Waals surface area contributed by atoms with Crippen molar-refractivity contribution in [3.8, 4) is 5.88 Å². The fourth-order valence-corrected chi connectivity index (χ4v) is 5.12. The molecule has 0 bridgehead atoms. The molecule has 2 N–H and O–H groups in total. The van der Waals surface area contributed by atoms with Gasteiger partial charge in [-0.05, 0) is 31.0 Å². The van der Waals surface area contributed by atoms with Crippen LogP contribution in [-0.2, 0) is 19.2 Å². The minimum absolute atomic E-state index is 0.137. The maximum atomic E-state index is 13.2. The van der Waals surface area contributed by atoms with E-state index in [1.165, 1.54) is 18.9 Å². The van der Waals surface area contributed by atoms with Gasteiger partial charge in [0.05, 0.1) is 13.2 Å². The number of thiazole rings is 1. The summed E-state index contributed by atoms with van der Waals surface area (Å²) in [6.45, 7) is 0.543. The van der Waals surface area contributed by atoms with Crippen LogP contribution < -0.4 is 10.1 Å². The van der Waals surface area contributed by atoms with Gasteiger partial charge in [0.25, 0.3) is 5.91 Å². The minimum Gasteiger partial charge on any atom is -0.479 e. The molecule has 35 heavy (non-hydrogen) atoms. The van der Waals surface area contributed by atoms with Gasteiger partial charge in [-0.25, -0.2) is 14.8 Å². The lowest BCUT2D eigenvalue weighted by Gasteiger charge is -2.10. The third-order valence-electron chi connectivity index (χ3n) is 5.14. The van der Waals surface area contributed by atoms with Gasteiger partial charge in [-0.2, -0.15) is 0 Å². The molecule has 10 nitrogen and oxygen atoms in total. The van der Waals surface area contributed by atoms with Crippen LogP contribution >= 0.6 is 23.1 Å². The number of nitrogens with zero attached hydrogens (tertiary/aromatic N) is 3. The summed E-state index contributed by atoms with van der Waals surface area (Å²) in [6.07, 6.45) is 3.00. The summed E-state index contributed by atoms with van der Waals surface area (Å²) in [4.78, 5) is 39.8. The van der Waals surface area contributed by atoms with Crippen LogP contribution in [0.15, 0.2) is 46.4 Å². The van der Waals surface area contributed by atoms with Gasteiger partial charge in [-0.1, -0.05) is 28.6 Å². The number of ether oxygens (including phenoxy) is 2. The number of fused-ring (bicyclic) bond motifs is 1. The molecule has 1 saturated carbocycles. The lowest BCUT2D eigenvalue weighted by atomic mass is 10.1. The van der Waals surface area contributed by atoms with Crippen molar-refractivity contribution in [1.29, 1.82) is 0 Å². The Hall–Kier alpha value is -3.22. The number of thioether (sulfide) groups is 1. The maximum Gasteiger partial charge on any atom is 0.341 e. The van der Waals surface area contributed by atoms with Crippen molar-refractivity contribution in [2.24, 2.45) is 5.16 Å². The molecule has 3 aromatic rings. The van der Waals surface area contributed by atoms with Crippen LogP contribution in [0.25, 0.3) is 10.3 Å². The zero-order valence-corrected chi connectivity index (χ0v) is 20.1. The number of nitrogens with one attached hydrogen (secondary N) is 1. The van der Waals surface area contributed by atoms with E-state index in [1.54, 1.807) is 6.07 Å². The molecule has 1 saturated heterocycles. The summed E-state index contributed by atoms with van der Waals surface area (Å²) < 4.78 is 10.4. The quantitative estimate of drug-likeness (QED) is 0.308. The Labute approximate surface area is 208 Å². The van der Waals surface area contributed by atoms with E-state index in [1.807, 2.05) is 36.0 Å². The molecule has 0 unspecified atom stereocenters. The number of pyridine rings is 1. The van der Waals surface area contributed by atoms with Crippen molar-refractivity contribution in [3.63, 3.8) is 0 Å². The number of amides is 1.